The van der Waals surface area contributed by atoms with Crippen LogP contribution in [0.2, 0.25) is 0 Å². The Balaban J connectivity index is 1.57. The summed E-state index contributed by atoms with van der Waals surface area (Å²) < 4.78 is 14.6. The zero-order chi connectivity index (χ0) is 20.0. The highest BCUT2D eigenvalue weighted by atomic mass is 32.2. The molecule has 1 saturated carbocycles. The van der Waals surface area contributed by atoms with Gasteiger partial charge in [0.15, 0.2) is 0 Å². The van der Waals surface area contributed by atoms with E-state index in [1.54, 1.807) is 25.3 Å². The highest BCUT2D eigenvalue weighted by Crippen LogP contribution is 2.53. The first kappa shape index (κ1) is 18.9. The molecule has 1 aromatic heterocycles. The fourth-order valence-electron chi connectivity index (χ4n) is 5.14. The van der Waals surface area contributed by atoms with Crippen molar-refractivity contribution >= 4 is 29.0 Å². The minimum Gasteiger partial charge on any atom is -0.352 e. The van der Waals surface area contributed by atoms with Gasteiger partial charge in [0, 0.05) is 24.6 Å². The van der Waals surface area contributed by atoms with Crippen molar-refractivity contribution in [3.8, 4) is 0 Å². The maximum atomic E-state index is 14.6. The van der Waals surface area contributed by atoms with Crippen molar-refractivity contribution in [1.82, 2.24) is 9.88 Å². The standard InChI is InChI=1S/C23H26FN3OS/c1-14-3-2-4-17(21(14)24)26-18-13-25-22(23(28)27-9-11-29-12-10-27)20-16-7-5-15(6-8-16)19(18)20/h2-4,13,15-16,26H,5-12H2,1H3. The summed E-state index contributed by atoms with van der Waals surface area (Å²) in [5.74, 6) is 2.65. The van der Waals surface area contributed by atoms with Gasteiger partial charge >= 0.3 is 0 Å². The predicted molar refractivity (Wildman–Crippen MR) is 116 cm³/mol. The summed E-state index contributed by atoms with van der Waals surface area (Å²) in [6.07, 6.45) is 6.28. The molecule has 2 bridgehead atoms. The number of carbonyl (C=O) groups is 1. The molecule has 4 aliphatic rings. The number of pyridine rings is 1. The van der Waals surface area contributed by atoms with E-state index in [1.807, 2.05) is 22.7 Å². The molecule has 2 heterocycles. The molecule has 152 valence electrons. The molecule has 1 saturated heterocycles. The number of carbonyl (C=O) groups excluding carboxylic acids is 1. The van der Waals surface area contributed by atoms with Crippen molar-refractivity contribution in [2.24, 2.45) is 0 Å². The summed E-state index contributed by atoms with van der Waals surface area (Å²) in [4.78, 5) is 19.9. The number of anilines is 2. The van der Waals surface area contributed by atoms with E-state index in [0.717, 1.165) is 61.5 Å². The van der Waals surface area contributed by atoms with E-state index < -0.39 is 0 Å². The summed E-state index contributed by atoms with van der Waals surface area (Å²) in [5, 5.41) is 3.31. The molecule has 2 aromatic rings. The Bertz CT molecular complexity index is 949. The van der Waals surface area contributed by atoms with Crippen molar-refractivity contribution < 1.29 is 9.18 Å². The van der Waals surface area contributed by atoms with Crippen molar-refractivity contribution in [2.45, 2.75) is 44.4 Å². The SMILES string of the molecule is Cc1cccc(Nc2cnc(C(=O)N3CCSCC3)c3c2C2CCC3CC2)c1F. The number of halogens is 1. The van der Waals surface area contributed by atoms with E-state index in [0.29, 0.717) is 28.8 Å². The molecule has 2 fully saturated rings. The summed E-state index contributed by atoms with van der Waals surface area (Å²) in [5.41, 5.74) is 4.93. The third-order valence-electron chi connectivity index (χ3n) is 6.66. The predicted octanol–water partition coefficient (Wildman–Crippen LogP) is 5.22. The molecule has 3 aliphatic carbocycles. The number of nitrogens with one attached hydrogen (secondary N) is 1. The zero-order valence-corrected chi connectivity index (χ0v) is 17.5. The lowest BCUT2D eigenvalue weighted by Gasteiger charge is -2.40. The number of nitrogens with zero attached hydrogens (tertiary/aromatic N) is 2. The van der Waals surface area contributed by atoms with Crippen LogP contribution in [0.25, 0.3) is 0 Å². The van der Waals surface area contributed by atoms with Crippen molar-refractivity contribution in [3.63, 3.8) is 0 Å². The molecule has 0 spiro atoms. The molecule has 1 aliphatic heterocycles. The first-order valence-electron chi connectivity index (χ1n) is 10.6. The van der Waals surface area contributed by atoms with Crippen LogP contribution in [-0.2, 0) is 0 Å². The van der Waals surface area contributed by atoms with Gasteiger partial charge in [-0.3, -0.25) is 4.79 Å². The minimum absolute atomic E-state index is 0.0717. The first-order valence-corrected chi connectivity index (χ1v) is 11.7. The minimum atomic E-state index is -0.229. The molecule has 29 heavy (non-hydrogen) atoms. The van der Waals surface area contributed by atoms with Crippen LogP contribution in [0.5, 0.6) is 0 Å². The van der Waals surface area contributed by atoms with Gasteiger partial charge in [0.2, 0.25) is 0 Å². The lowest BCUT2D eigenvalue weighted by atomic mass is 9.66. The Morgan fingerprint density at radius 2 is 1.79 bits per heavy atom. The average molecular weight is 412 g/mol. The Morgan fingerprint density at radius 3 is 2.52 bits per heavy atom. The Morgan fingerprint density at radius 1 is 1.10 bits per heavy atom. The number of aromatic nitrogens is 1. The monoisotopic (exact) mass is 411 g/mol. The van der Waals surface area contributed by atoms with Gasteiger partial charge < -0.3 is 10.2 Å². The molecule has 0 radical (unpaired) electrons. The van der Waals surface area contributed by atoms with Gasteiger partial charge in [-0.15, -0.1) is 0 Å². The van der Waals surface area contributed by atoms with E-state index in [4.69, 9.17) is 0 Å². The summed E-state index contributed by atoms with van der Waals surface area (Å²) in [6, 6.07) is 5.40. The van der Waals surface area contributed by atoms with Crippen LogP contribution in [0, 0.1) is 12.7 Å². The molecule has 0 atom stereocenters. The molecule has 0 unspecified atom stereocenters. The Hall–Kier alpha value is -2.08. The van der Waals surface area contributed by atoms with Crippen molar-refractivity contribution in [2.75, 3.05) is 29.9 Å². The first-order chi connectivity index (χ1) is 14.1. The topological polar surface area (TPSA) is 45.2 Å². The fraction of sp³-hybridized carbons (Fsp3) is 0.478. The van der Waals surface area contributed by atoms with E-state index in [9.17, 15) is 9.18 Å². The van der Waals surface area contributed by atoms with Crippen molar-refractivity contribution in [3.05, 3.63) is 52.6 Å². The maximum Gasteiger partial charge on any atom is 0.272 e. The molecule has 4 nitrogen and oxygen atoms in total. The van der Waals surface area contributed by atoms with Gasteiger partial charge in [0.1, 0.15) is 11.5 Å². The van der Waals surface area contributed by atoms with Crippen LogP contribution in [0.15, 0.2) is 24.4 Å². The fourth-order valence-corrected chi connectivity index (χ4v) is 6.04. The largest absolute Gasteiger partial charge is 0.352 e. The molecule has 6 heteroatoms. The lowest BCUT2D eigenvalue weighted by Crippen LogP contribution is -2.39. The number of amides is 1. The summed E-state index contributed by atoms with van der Waals surface area (Å²) in [7, 11) is 0. The van der Waals surface area contributed by atoms with Gasteiger partial charge in [-0.2, -0.15) is 11.8 Å². The van der Waals surface area contributed by atoms with Crippen molar-refractivity contribution in [1.29, 1.82) is 0 Å². The van der Waals surface area contributed by atoms with Gasteiger partial charge in [0.05, 0.1) is 17.6 Å². The van der Waals surface area contributed by atoms with Gasteiger partial charge in [-0.25, -0.2) is 9.37 Å². The number of hydrogen-bond acceptors (Lipinski definition) is 4. The molecule has 6 rings (SSSR count). The second kappa shape index (κ2) is 7.63. The molecule has 1 amide bonds. The third kappa shape index (κ3) is 3.31. The van der Waals surface area contributed by atoms with Crippen LogP contribution in [0.4, 0.5) is 15.8 Å². The second-order valence-electron chi connectivity index (χ2n) is 8.36. The number of benzene rings is 1. The smallest absolute Gasteiger partial charge is 0.272 e. The molecule has 1 N–H and O–H groups in total. The number of aryl methyl sites for hydroxylation is 1. The van der Waals surface area contributed by atoms with Crippen LogP contribution >= 0.6 is 11.8 Å². The second-order valence-corrected chi connectivity index (χ2v) is 9.59. The van der Waals surface area contributed by atoms with E-state index >= 15 is 0 Å². The molecular formula is C23H26FN3OS. The molecule has 1 aromatic carbocycles. The normalized spacial score (nSPS) is 23.0. The highest BCUT2D eigenvalue weighted by molar-refractivity contribution is 7.99. The Labute approximate surface area is 175 Å². The van der Waals surface area contributed by atoms with E-state index in [2.05, 4.69) is 10.3 Å². The molecular weight excluding hydrogens is 385 g/mol. The third-order valence-corrected chi connectivity index (χ3v) is 7.61. The van der Waals surface area contributed by atoms with E-state index in [-0.39, 0.29) is 11.7 Å². The number of fused-ring (bicyclic) bond motifs is 2. The summed E-state index contributed by atoms with van der Waals surface area (Å²) in [6.45, 7) is 3.36. The van der Waals surface area contributed by atoms with Crippen LogP contribution in [0.1, 0.15) is 64.7 Å². The van der Waals surface area contributed by atoms with Crippen LogP contribution in [0.3, 0.4) is 0 Å². The Kier molecular flexibility index (Phi) is 4.98. The quantitative estimate of drug-likeness (QED) is 0.752. The number of rotatable bonds is 3. The van der Waals surface area contributed by atoms with Gasteiger partial charge in [-0.1, -0.05) is 12.1 Å². The highest BCUT2D eigenvalue weighted by Gasteiger charge is 2.39. The number of thioether (sulfide) groups is 1. The lowest BCUT2D eigenvalue weighted by molar-refractivity contribution is 0.0763. The maximum absolute atomic E-state index is 14.6. The van der Waals surface area contributed by atoms with Crippen LogP contribution in [-0.4, -0.2) is 40.4 Å². The van der Waals surface area contributed by atoms with Gasteiger partial charge in [-0.05, 0) is 67.2 Å². The van der Waals surface area contributed by atoms with Gasteiger partial charge in [0.25, 0.3) is 5.91 Å². The zero-order valence-electron chi connectivity index (χ0n) is 16.7. The number of hydrogen-bond donors (Lipinski definition) is 1. The van der Waals surface area contributed by atoms with Crippen LogP contribution < -0.4 is 5.32 Å². The van der Waals surface area contributed by atoms with E-state index in [1.165, 1.54) is 5.56 Å². The average Bonchev–Trinajstić information content (AvgIpc) is 2.78. The summed E-state index contributed by atoms with van der Waals surface area (Å²) >= 11 is 1.90.